The molecule has 5 heterocycles. The average Bonchev–Trinajstić information content (AvgIpc) is 3.71. The fourth-order valence-electron chi connectivity index (χ4n) is 5.49. The van der Waals surface area contributed by atoms with E-state index in [-0.39, 0.29) is 17.9 Å². The molecule has 0 spiro atoms. The van der Waals surface area contributed by atoms with Crippen molar-refractivity contribution in [2.45, 2.75) is 31.8 Å². The molecule has 6 rings (SSSR count). The van der Waals surface area contributed by atoms with Gasteiger partial charge in [0.25, 0.3) is 5.91 Å². The zero-order chi connectivity index (χ0) is 27.5. The molecule has 40 heavy (non-hydrogen) atoms. The normalized spacial score (nSPS) is 18.5. The Morgan fingerprint density at radius 1 is 1.12 bits per heavy atom. The van der Waals surface area contributed by atoms with Gasteiger partial charge in [0.15, 0.2) is 12.2 Å². The lowest BCUT2D eigenvalue weighted by atomic mass is 10.1. The summed E-state index contributed by atoms with van der Waals surface area (Å²) in [6, 6.07) is 10.1. The molecule has 0 bridgehead atoms. The molecule has 0 aliphatic carbocycles. The van der Waals surface area contributed by atoms with E-state index in [1.54, 1.807) is 12.3 Å². The van der Waals surface area contributed by atoms with Crippen molar-refractivity contribution < 1.29 is 18.7 Å². The van der Waals surface area contributed by atoms with Crippen LogP contribution in [0.5, 0.6) is 0 Å². The number of anilines is 1. The topological polar surface area (TPSA) is 106 Å². The number of carbonyl (C=O) groups excluding carboxylic acids is 2. The van der Waals surface area contributed by atoms with Gasteiger partial charge in [0.05, 0.1) is 40.2 Å². The zero-order valence-corrected chi connectivity index (χ0v) is 23.1. The van der Waals surface area contributed by atoms with Crippen LogP contribution in [0.1, 0.15) is 40.5 Å². The van der Waals surface area contributed by atoms with Crippen LogP contribution in [0.4, 0.5) is 5.95 Å². The fraction of sp³-hybridized carbons (Fsp3) is 0.379. The van der Waals surface area contributed by atoms with Crippen LogP contribution in [0.3, 0.4) is 0 Å². The van der Waals surface area contributed by atoms with Gasteiger partial charge < -0.3 is 18.6 Å². The molecule has 11 heteroatoms. The molecular weight excluding hydrogens is 528 g/mol. The number of nitrogens with zero attached hydrogens (tertiary/aromatic N) is 5. The van der Waals surface area contributed by atoms with E-state index in [1.165, 1.54) is 29.4 Å². The van der Waals surface area contributed by atoms with Crippen molar-refractivity contribution in [1.29, 1.82) is 0 Å². The largest absolute Gasteiger partial charge is 0.443 e. The predicted octanol–water partition coefficient (Wildman–Crippen LogP) is 4.58. The molecule has 0 radical (unpaired) electrons. The third-order valence-corrected chi connectivity index (χ3v) is 8.64. The lowest BCUT2D eigenvalue weighted by molar-refractivity contribution is -0.125. The first-order valence-corrected chi connectivity index (χ1v) is 14.4. The molecule has 4 aromatic rings. The van der Waals surface area contributed by atoms with Crippen molar-refractivity contribution in [3.8, 4) is 10.6 Å². The summed E-state index contributed by atoms with van der Waals surface area (Å²) in [7, 11) is 0. The summed E-state index contributed by atoms with van der Waals surface area (Å²) in [6.07, 6.45) is 6.88. The number of fused-ring (bicyclic) bond motifs is 1. The summed E-state index contributed by atoms with van der Waals surface area (Å²) in [6.45, 7) is 9.12. The summed E-state index contributed by atoms with van der Waals surface area (Å²) in [5.74, 6) is 0.878. The summed E-state index contributed by atoms with van der Waals surface area (Å²) >= 11 is 1.35. The van der Waals surface area contributed by atoms with Gasteiger partial charge in [0.1, 0.15) is 0 Å². The molecule has 2 fully saturated rings. The molecule has 1 aromatic carbocycles. The molecule has 0 saturated carbocycles. The SMILES string of the molecule is C=CC(=O)N1CCC[C@@H](n2c(NC(=O)c3ccc(-c4cnco4)s3)nc3ccc(CN4CCOCC4)cc32)CC1. The highest BCUT2D eigenvalue weighted by molar-refractivity contribution is 7.17. The summed E-state index contributed by atoms with van der Waals surface area (Å²) in [5, 5.41) is 3.09. The van der Waals surface area contributed by atoms with Gasteiger partial charge in [0.2, 0.25) is 11.9 Å². The molecule has 2 saturated heterocycles. The first-order chi connectivity index (χ1) is 19.6. The number of benzene rings is 1. The highest BCUT2D eigenvalue weighted by Gasteiger charge is 2.26. The number of likely N-dealkylation sites (tertiary alicyclic amines) is 1. The molecule has 1 atom stereocenters. The molecule has 1 N–H and O–H groups in total. The van der Waals surface area contributed by atoms with E-state index in [0.29, 0.717) is 29.7 Å². The minimum atomic E-state index is -0.224. The molecule has 2 aliphatic rings. The van der Waals surface area contributed by atoms with Crippen LogP contribution >= 0.6 is 11.3 Å². The number of rotatable bonds is 7. The van der Waals surface area contributed by atoms with Crippen LogP contribution < -0.4 is 5.32 Å². The van der Waals surface area contributed by atoms with Crippen molar-refractivity contribution in [3.05, 3.63) is 66.0 Å². The van der Waals surface area contributed by atoms with Gasteiger partial charge in [-0.1, -0.05) is 12.6 Å². The quantitative estimate of drug-likeness (QED) is 0.330. The van der Waals surface area contributed by atoms with Crippen molar-refractivity contribution in [3.63, 3.8) is 0 Å². The van der Waals surface area contributed by atoms with E-state index < -0.39 is 0 Å². The fourth-order valence-corrected chi connectivity index (χ4v) is 6.35. The second-order valence-electron chi connectivity index (χ2n) is 10.1. The second kappa shape index (κ2) is 11.7. The van der Waals surface area contributed by atoms with Crippen LogP contribution in [-0.4, -0.2) is 75.5 Å². The number of ether oxygens (including phenoxy) is 1. The Labute approximate surface area is 236 Å². The summed E-state index contributed by atoms with van der Waals surface area (Å²) in [5.41, 5.74) is 3.02. The molecule has 3 aromatic heterocycles. The first-order valence-electron chi connectivity index (χ1n) is 13.6. The third kappa shape index (κ3) is 5.58. The lowest BCUT2D eigenvalue weighted by Crippen LogP contribution is -2.35. The average molecular weight is 561 g/mol. The molecule has 2 aliphatic heterocycles. The van der Waals surface area contributed by atoms with Crippen LogP contribution in [0.15, 0.2) is 60.0 Å². The highest BCUT2D eigenvalue weighted by atomic mass is 32.1. The van der Waals surface area contributed by atoms with Gasteiger partial charge in [-0.2, -0.15) is 0 Å². The van der Waals surface area contributed by atoms with Crippen LogP contribution in [-0.2, 0) is 16.1 Å². The van der Waals surface area contributed by atoms with E-state index in [0.717, 1.165) is 68.0 Å². The highest BCUT2D eigenvalue weighted by Crippen LogP contribution is 2.33. The van der Waals surface area contributed by atoms with Gasteiger partial charge in [-0.25, -0.2) is 9.97 Å². The number of thiophene rings is 1. The van der Waals surface area contributed by atoms with Crippen LogP contribution in [0.25, 0.3) is 21.7 Å². The van der Waals surface area contributed by atoms with E-state index in [9.17, 15) is 9.59 Å². The van der Waals surface area contributed by atoms with E-state index in [4.69, 9.17) is 14.1 Å². The van der Waals surface area contributed by atoms with Crippen molar-refractivity contribution in [2.24, 2.45) is 0 Å². The Hall–Kier alpha value is -3.80. The van der Waals surface area contributed by atoms with Crippen molar-refractivity contribution in [2.75, 3.05) is 44.7 Å². The standard InChI is InChI=1S/C29H32N6O4S/c1-2-27(36)34-10-3-4-21(9-11-34)35-23-16-20(18-33-12-14-38-15-13-33)5-6-22(23)31-29(35)32-28(37)26-8-7-25(40-26)24-17-30-19-39-24/h2,5-8,16-17,19,21H,1,3-4,9-15,18H2,(H,31,32,37)/t21-/m1/s1. The summed E-state index contributed by atoms with van der Waals surface area (Å²) in [4.78, 5) is 40.2. The van der Waals surface area contributed by atoms with E-state index in [1.807, 2.05) is 17.0 Å². The number of amides is 2. The number of hydrogen-bond acceptors (Lipinski definition) is 8. The van der Waals surface area contributed by atoms with Gasteiger partial charge in [0, 0.05) is 38.8 Å². The van der Waals surface area contributed by atoms with Crippen molar-refractivity contribution >= 4 is 40.1 Å². The van der Waals surface area contributed by atoms with Crippen molar-refractivity contribution in [1.82, 2.24) is 24.3 Å². The minimum Gasteiger partial charge on any atom is -0.443 e. The maximum atomic E-state index is 13.4. The Bertz CT molecular complexity index is 1500. The minimum absolute atomic E-state index is 0.0438. The third-order valence-electron chi connectivity index (χ3n) is 7.54. The molecule has 2 amide bonds. The number of carbonyl (C=O) groups is 2. The Morgan fingerprint density at radius 2 is 2.00 bits per heavy atom. The number of aromatic nitrogens is 3. The van der Waals surface area contributed by atoms with E-state index in [2.05, 4.69) is 38.5 Å². The maximum absolute atomic E-state index is 13.4. The first kappa shape index (κ1) is 26.4. The Morgan fingerprint density at radius 3 is 2.80 bits per heavy atom. The van der Waals surface area contributed by atoms with Gasteiger partial charge in [-0.3, -0.25) is 19.8 Å². The summed E-state index contributed by atoms with van der Waals surface area (Å²) < 4.78 is 13.1. The maximum Gasteiger partial charge on any atom is 0.268 e. The van der Waals surface area contributed by atoms with Gasteiger partial charge in [-0.05, 0) is 55.2 Å². The second-order valence-corrected chi connectivity index (χ2v) is 11.2. The van der Waals surface area contributed by atoms with Gasteiger partial charge >= 0.3 is 0 Å². The van der Waals surface area contributed by atoms with E-state index >= 15 is 0 Å². The number of imidazole rings is 1. The molecule has 208 valence electrons. The van der Waals surface area contributed by atoms with Crippen LogP contribution in [0, 0.1) is 0 Å². The zero-order valence-electron chi connectivity index (χ0n) is 22.3. The number of nitrogens with one attached hydrogen (secondary N) is 1. The lowest BCUT2D eigenvalue weighted by Gasteiger charge is -2.26. The van der Waals surface area contributed by atoms with Crippen LogP contribution in [0.2, 0.25) is 0 Å². The van der Waals surface area contributed by atoms with Gasteiger partial charge in [-0.15, -0.1) is 11.3 Å². The smallest absolute Gasteiger partial charge is 0.268 e. The predicted molar refractivity (Wildman–Crippen MR) is 153 cm³/mol. The molecular formula is C29H32N6O4S. The number of hydrogen-bond donors (Lipinski definition) is 1. The monoisotopic (exact) mass is 560 g/mol. The molecule has 0 unspecified atom stereocenters. The Balaban J connectivity index is 1.31. The number of oxazole rings is 1. The number of morpholine rings is 1. The molecule has 10 nitrogen and oxygen atoms in total. The Kier molecular flexibility index (Phi) is 7.76.